The summed E-state index contributed by atoms with van der Waals surface area (Å²) in [5.74, 6) is 0.837. The number of rotatable bonds is 7. The summed E-state index contributed by atoms with van der Waals surface area (Å²) in [5, 5.41) is 9.41. The van der Waals surface area contributed by atoms with Crippen LogP contribution < -0.4 is 16.0 Å². The van der Waals surface area contributed by atoms with Crippen LogP contribution in [0.4, 0.5) is 27.4 Å². The number of aromatic nitrogens is 6. The Labute approximate surface area is 170 Å². The Balaban J connectivity index is 1.39. The third kappa shape index (κ3) is 4.58. The monoisotopic (exact) mass is 409 g/mol. The third-order valence-electron chi connectivity index (χ3n) is 3.97. The largest absolute Gasteiger partial charge is 0.368 e. The molecular weight excluding hydrogens is 393 g/mol. The van der Waals surface area contributed by atoms with Crippen molar-refractivity contribution in [1.29, 1.82) is 0 Å². The number of thiocarbonyl (C=S) groups is 1. The van der Waals surface area contributed by atoms with Crippen molar-refractivity contribution in [1.82, 2.24) is 29.9 Å². The van der Waals surface area contributed by atoms with Gasteiger partial charge in [0.05, 0.1) is 22.7 Å². The highest BCUT2D eigenvalue weighted by Crippen LogP contribution is 2.26. The fraction of sp³-hybridized carbons (Fsp3) is 0.111. The molecule has 4 N–H and O–H groups in total. The quantitative estimate of drug-likeness (QED) is 0.341. The normalized spacial score (nSPS) is 10.7. The van der Waals surface area contributed by atoms with Crippen molar-refractivity contribution in [3.63, 3.8) is 0 Å². The zero-order chi connectivity index (χ0) is 20.1. The summed E-state index contributed by atoms with van der Waals surface area (Å²) in [6.07, 6.45) is 6.57. The smallest absolute Gasteiger partial charge is 0.182 e. The summed E-state index contributed by atoms with van der Waals surface area (Å²) in [6, 6.07) is 6.05. The molecule has 4 aromatic rings. The average Bonchev–Trinajstić information content (AvgIpc) is 3.21. The first-order chi connectivity index (χ1) is 14.2. The van der Waals surface area contributed by atoms with Crippen LogP contribution in [0.3, 0.4) is 0 Å². The maximum Gasteiger partial charge on any atom is 0.182 e. The van der Waals surface area contributed by atoms with E-state index < -0.39 is 0 Å². The topological polar surface area (TPSA) is 116 Å². The standard InChI is InChI=1S/C18H16FN9S/c19-11-1-2-12(13(7-11)27-14-3-5-20-8-22-14)28-15(29)4-6-21-17-16-18(24-9-23-16)26-10-25-17/h1-3,5,7-10H,4,6H2,(H,28,29)(H,20,22,27)(H2,21,23,24,25,26). The van der Waals surface area contributed by atoms with E-state index in [0.29, 0.717) is 46.6 Å². The maximum absolute atomic E-state index is 13.7. The molecule has 0 aliphatic carbocycles. The summed E-state index contributed by atoms with van der Waals surface area (Å²) >= 11 is 5.44. The number of nitrogens with zero attached hydrogens (tertiary/aromatic N) is 5. The Kier molecular flexibility index (Phi) is 5.47. The van der Waals surface area contributed by atoms with E-state index in [2.05, 4.69) is 45.9 Å². The van der Waals surface area contributed by atoms with Gasteiger partial charge in [-0.05, 0) is 24.3 Å². The van der Waals surface area contributed by atoms with Gasteiger partial charge in [-0.3, -0.25) is 0 Å². The molecule has 3 heterocycles. The molecule has 0 atom stereocenters. The van der Waals surface area contributed by atoms with Gasteiger partial charge < -0.3 is 20.9 Å². The van der Waals surface area contributed by atoms with E-state index in [9.17, 15) is 4.39 Å². The highest BCUT2D eigenvalue weighted by atomic mass is 32.1. The van der Waals surface area contributed by atoms with E-state index in [4.69, 9.17) is 12.2 Å². The molecule has 0 amide bonds. The van der Waals surface area contributed by atoms with Crippen molar-refractivity contribution < 1.29 is 4.39 Å². The molecule has 0 aliphatic rings. The average molecular weight is 409 g/mol. The summed E-state index contributed by atoms with van der Waals surface area (Å²) < 4.78 is 13.7. The van der Waals surface area contributed by atoms with Crippen LogP contribution in [-0.4, -0.2) is 41.4 Å². The Hall–Kier alpha value is -3.73. The van der Waals surface area contributed by atoms with E-state index >= 15 is 0 Å². The minimum atomic E-state index is -0.368. The molecular formula is C18H16FN9S. The van der Waals surface area contributed by atoms with Crippen LogP contribution in [0.1, 0.15) is 6.42 Å². The lowest BCUT2D eigenvalue weighted by Crippen LogP contribution is -2.16. The van der Waals surface area contributed by atoms with Gasteiger partial charge in [0, 0.05) is 19.2 Å². The van der Waals surface area contributed by atoms with Crippen LogP contribution in [0, 0.1) is 5.82 Å². The fourth-order valence-electron chi connectivity index (χ4n) is 2.64. The van der Waals surface area contributed by atoms with Crippen molar-refractivity contribution >= 4 is 51.4 Å². The van der Waals surface area contributed by atoms with E-state index in [1.165, 1.54) is 24.8 Å². The maximum atomic E-state index is 13.7. The number of nitrogens with one attached hydrogen (secondary N) is 4. The number of hydrogen-bond donors (Lipinski definition) is 4. The molecule has 0 bridgehead atoms. The molecule has 29 heavy (non-hydrogen) atoms. The lowest BCUT2D eigenvalue weighted by molar-refractivity contribution is 0.628. The van der Waals surface area contributed by atoms with Crippen LogP contribution in [0.5, 0.6) is 0 Å². The number of imidazole rings is 1. The van der Waals surface area contributed by atoms with Gasteiger partial charge in [0.25, 0.3) is 0 Å². The van der Waals surface area contributed by atoms with Crippen molar-refractivity contribution in [2.75, 3.05) is 22.5 Å². The molecule has 0 saturated heterocycles. The molecule has 4 rings (SSSR count). The van der Waals surface area contributed by atoms with E-state index in [1.54, 1.807) is 24.7 Å². The zero-order valence-corrected chi connectivity index (χ0v) is 15.9. The number of fused-ring (bicyclic) bond motifs is 1. The Bertz CT molecular complexity index is 1130. The molecule has 146 valence electrons. The molecule has 0 aliphatic heterocycles. The number of hydrogen-bond acceptors (Lipinski definition) is 8. The van der Waals surface area contributed by atoms with Crippen molar-refractivity contribution in [3.8, 4) is 0 Å². The number of benzene rings is 1. The van der Waals surface area contributed by atoms with Gasteiger partial charge in [0.15, 0.2) is 11.5 Å². The molecule has 11 heteroatoms. The van der Waals surface area contributed by atoms with Crippen LogP contribution in [0.25, 0.3) is 11.2 Å². The van der Waals surface area contributed by atoms with Crippen LogP contribution in [-0.2, 0) is 0 Å². The number of H-pyrrole nitrogens is 1. The molecule has 9 nitrogen and oxygen atoms in total. The van der Waals surface area contributed by atoms with Gasteiger partial charge in [0.2, 0.25) is 0 Å². The number of aromatic amines is 1. The van der Waals surface area contributed by atoms with Gasteiger partial charge in [0.1, 0.15) is 29.8 Å². The van der Waals surface area contributed by atoms with E-state index in [0.717, 1.165) is 5.52 Å². The van der Waals surface area contributed by atoms with Gasteiger partial charge >= 0.3 is 0 Å². The highest BCUT2D eigenvalue weighted by molar-refractivity contribution is 7.80. The lowest BCUT2D eigenvalue weighted by Gasteiger charge is -2.14. The van der Waals surface area contributed by atoms with Gasteiger partial charge in [-0.1, -0.05) is 12.2 Å². The van der Waals surface area contributed by atoms with Crippen LogP contribution >= 0.6 is 12.2 Å². The van der Waals surface area contributed by atoms with Crippen LogP contribution in [0.2, 0.25) is 0 Å². The first kappa shape index (κ1) is 18.6. The van der Waals surface area contributed by atoms with Gasteiger partial charge in [-0.15, -0.1) is 0 Å². The molecule has 3 aromatic heterocycles. The first-order valence-corrected chi connectivity index (χ1v) is 9.10. The minimum absolute atomic E-state index is 0.368. The van der Waals surface area contributed by atoms with Crippen molar-refractivity contribution in [2.24, 2.45) is 0 Å². The fourth-order valence-corrected chi connectivity index (χ4v) is 2.85. The second kappa shape index (κ2) is 8.52. The zero-order valence-electron chi connectivity index (χ0n) is 15.1. The van der Waals surface area contributed by atoms with E-state index in [-0.39, 0.29) is 5.82 Å². The summed E-state index contributed by atoms with van der Waals surface area (Å²) in [6.45, 7) is 0.548. The predicted octanol–water partition coefficient (Wildman–Crippen LogP) is 3.27. The van der Waals surface area contributed by atoms with Crippen LogP contribution in [0.15, 0.2) is 49.4 Å². The molecule has 0 fully saturated rings. The molecule has 0 radical (unpaired) electrons. The molecule has 0 saturated carbocycles. The Morgan fingerprint density at radius 1 is 1.07 bits per heavy atom. The third-order valence-corrected chi connectivity index (χ3v) is 4.27. The lowest BCUT2D eigenvalue weighted by atomic mass is 10.2. The van der Waals surface area contributed by atoms with Gasteiger partial charge in [-0.25, -0.2) is 29.3 Å². The molecule has 0 unspecified atom stereocenters. The Morgan fingerprint density at radius 3 is 2.86 bits per heavy atom. The second-order valence-electron chi connectivity index (χ2n) is 5.96. The van der Waals surface area contributed by atoms with E-state index in [1.807, 2.05) is 0 Å². The van der Waals surface area contributed by atoms with Gasteiger partial charge in [-0.2, -0.15) is 0 Å². The SMILES string of the molecule is Fc1ccc(NC(=S)CCNc2ncnc3nc[nH]c23)c(Nc2ccncn2)c1. The predicted molar refractivity (Wildman–Crippen MR) is 113 cm³/mol. The van der Waals surface area contributed by atoms with Crippen molar-refractivity contribution in [2.45, 2.75) is 6.42 Å². The highest BCUT2D eigenvalue weighted by Gasteiger charge is 2.09. The first-order valence-electron chi connectivity index (χ1n) is 8.69. The molecule has 0 spiro atoms. The minimum Gasteiger partial charge on any atom is -0.368 e. The Morgan fingerprint density at radius 2 is 2.00 bits per heavy atom. The van der Waals surface area contributed by atoms with Crippen molar-refractivity contribution in [3.05, 3.63) is 55.3 Å². The summed E-state index contributed by atoms with van der Waals surface area (Å²) in [4.78, 5) is 23.9. The summed E-state index contributed by atoms with van der Waals surface area (Å²) in [7, 11) is 0. The number of halogens is 1. The summed E-state index contributed by atoms with van der Waals surface area (Å²) in [5.41, 5.74) is 2.50. The second-order valence-corrected chi connectivity index (χ2v) is 6.45. The number of anilines is 4. The molecule has 1 aromatic carbocycles.